The number of aryl methyl sites for hydroxylation is 2. The van der Waals surface area contributed by atoms with E-state index in [4.69, 9.17) is 14.5 Å². The zero-order valence-corrected chi connectivity index (χ0v) is 27.5. The van der Waals surface area contributed by atoms with Crippen LogP contribution in [0.4, 0.5) is 10.1 Å². The van der Waals surface area contributed by atoms with Crippen molar-refractivity contribution < 1.29 is 33.5 Å². The lowest BCUT2D eigenvalue weighted by atomic mass is 9.83. The number of esters is 2. The number of benzene rings is 1. The third-order valence-electron chi connectivity index (χ3n) is 9.15. The van der Waals surface area contributed by atoms with E-state index in [9.17, 15) is 29.6 Å². The van der Waals surface area contributed by atoms with E-state index >= 15 is 4.39 Å². The van der Waals surface area contributed by atoms with Gasteiger partial charge in [-0.05, 0) is 66.7 Å². The van der Waals surface area contributed by atoms with Gasteiger partial charge >= 0.3 is 17.6 Å². The molecule has 248 valence electrons. The first-order chi connectivity index (χ1) is 23.0. The molecule has 0 radical (unpaired) electrons. The van der Waals surface area contributed by atoms with E-state index < -0.39 is 28.3 Å². The number of carbonyl (C=O) groups is 2. The lowest BCUT2D eigenvalue weighted by Crippen LogP contribution is -2.44. The summed E-state index contributed by atoms with van der Waals surface area (Å²) >= 11 is 0. The summed E-state index contributed by atoms with van der Waals surface area (Å²) in [6.07, 6.45) is 3.14. The number of halogens is 1. The minimum atomic E-state index is -1.95. The molecule has 1 aliphatic carbocycles. The van der Waals surface area contributed by atoms with Gasteiger partial charge in [0, 0.05) is 45.7 Å². The molecule has 7 rings (SSSR count). The second kappa shape index (κ2) is 12.3. The van der Waals surface area contributed by atoms with Crippen LogP contribution in [0.5, 0.6) is 0 Å². The maximum atomic E-state index is 15.8. The minimum absolute atomic E-state index is 0.0166. The Hall–Kier alpha value is -4.34. The Balaban J connectivity index is 1.15. The number of hydrogen-bond acceptors (Lipinski definition) is 12. The number of ether oxygens (including phenoxy) is 2. The Bertz CT molecular complexity index is 2120. The molecule has 48 heavy (non-hydrogen) atoms. The number of fused-ring (bicyclic) bond motifs is 5. The minimum Gasteiger partial charge on any atom is -0.464 e. The Labute approximate surface area is 280 Å². The van der Waals surface area contributed by atoms with Crippen molar-refractivity contribution in [1.29, 1.82) is 0 Å². The number of nitrogens with zero attached hydrogens (tertiary/aromatic N) is 4. The molecule has 0 fully saturated rings. The van der Waals surface area contributed by atoms with Crippen molar-refractivity contribution in [2.75, 3.05) is 6.61 Å². The average molecular weight is 693 g/mol. The fraction of sp³-hybridized carbons (Fsp3) is 0.364. The quantitative estimate of drug-likeness (QED) is 0.0961. The van der Waals surface area contributed by atoms with E-state index in [0.717, 1.165) is 27.3 Å². The van der Waals surface area contributed by atoms with Crippen molar-refractivity contribution in [2.24, 2.45) is 0 Å². The highest BCUT2D eigenvalue weighted by atomic mass is 33.1. The number of nitro groups is 1. The molecular formula is C33H29FN4O8S2. The predicted octanol–water partition coefficient (Wildman–Crippen LogP) is 4.93. The van der Waals surface area contributed by atoms with Gasteiger partial charge in [-0.15, -0.1) is 0 Å². The van der Waals surface area contributed by atoms with Crippen molar-refractivity contribution >= 4 is 50.1 Å². The summed E-state index contributed by atoms with van der Waals surface area (Å²) in [7, 11) is 2.40. The summed E-state index contributed by atoms with van der Waals surface area (Å²) in [4.78, 5) is 58.8. The molecule has 0 bridgehead atoms. The fourth-order valence-corrected chi connectivity index (χ4v) is 8.79. The Morgan fingerprint density at radius 2 is 2.04 bits per heavy atom. The van der Waals surface area contributed by atoms with E-state index in [2.05, 4.69) is 4.98 Å². The molecule has 1 N–H and O–H groups in total. The van der Waals surface area contributed by atoms with Crippen LogP contribution in [0, 0.1) is 15.9 Å². The zero-order chi connectivity index (χ0) is 33.9. The zero-order valence-electron chi connectivity index (χ0n) is 25.9. The van der Waals surface area contributed by atoms with Crippen molar-refractivity contribution in [3.05, 3.63) is 90.1 Å². The summed E-state index contributed by atoms with van der Waals surface area (Å²) in [5, 5.41) is 23.2. The lowest BCUT2D eigenvalue weighted by Gasteiger charge is -2.31. The number of carbonyl (C=O) groups excluding carboxylic acids is 2. The van der Waals surface area contributed by atoms with Crippen molar-refractivity contribution in [3.8, 4) is 11.4 Å². The van der Waals surface area contributed by atoms with Crippen molar-refractivity contribution in [1.82, 2.24) is 14.5 Å². The third-order valence-corrected chi connectivity index (χ3v) is 11.9. The number of aromatic nitrogens is 3. The molecule has 0 unspecified atom stereocenters. The SMILES string of the molecule is CC[C@@]1(O)C(=O)OCc2c1cc1n(c2=O)Cc2c-1nc1cc(F)c(CC(=O)OC[C@@H](C)SSc3ncccc3[N+](=O)[O-])c3c1c2CCC3. The Morgan fingerprint density at radius 3 is 2.81 bits per heavy atom. The van der Waals surface area contributed by atoms with Crippen LogP contribution in [-0.4, -0.2) is 48.4 Å². The van der Waals surface area contributed by atoms with Crippen LogP contribution in [0.15, 0.2) is 40.3 Å². The summed E-state index contributed by atoms with van der Waals surface area (Å²) in [5.41, 5.74) is 2.10. The molecule has 2 atom stereocenters. The standard InChI is InChI=1S/C33H29FN4O8S2/c1-3-33(42)22-11-26-29-20(13-37(26)31(40)21(22)15-46-32(33)41)18-7-4-6-17-19(23(34)12-24(36-29)28(17)18)10-27(39)45-14-16(2)47-48-30-25(38(43)44)8-5-9-35-30/h5,8-9,11-12,16,42H,3-4,6-7,10,13-15H2,1-2H3/t16-,33+/m1/s1. The van der Waals surface area contributed by atoms with Gasteiger partial charge in [-0.2, -0.15) is 0 Å². The highest BCUT2D eigenvalue weighted by molar-refractivity contribution is 8.77. The number of cyclic esters (lactones) is 1. The van der Waals surface area contributed by atoms with Gasteiger partial charge in [0.25, 0.3) is 5.56 Å². The van der Waals surface area contributed by atoms with Gasteiger partial charge in [0.15, 0.2) is 10.6 Å². The van der Waals surface area contributed by atoms with Crippen LogP contribution in [-0.2, 0) is 57.1 Å². The molecule has 0 amide bonds. The largest absolute Gasteiger partial charge is 0.464 e. The van der Waals surface area contributed by atoms with Gasteiger partial charge in [0.2, 0.25) is 0 Å². The normalized spacial score (nSPS) is 18.1. The summed E-state index contributed by atoms with van der Waals surface area (Å²) < 4.78 is 28.0. The van der Waals surface area contributed by atoms with E-state index in [1.54, 1.807) is 17.6 Å². The molecule has 4 aromatic rings. The predicted molar refractivity (Wildman–Crippen MR) is 175 cm³/mol. The van der Waals surface area contributed by atoms with Crippen LogP contribution >= 0.6 is 21.6 Å². The molecule has 0 saturated heterocycles. The van der Waals surface area contributed by atoms with Crippen LogP contribution in [0.25, 0.3) is 22.3 Å². The van der Waals surface area contributed by atoms with Crippen molar-refractivity contribution in [3.63, 3.8) is 0 Å². The van der Waals surface area contributed by atoms with E-state index in [1.165, 1.54) is 35.2 Å². The van der Waals surface area contributed by atoms with Crippen LogP contribution in [0.1, 0.15) is 60.1 Å². The first-order valence-corrected chi connectivity index (χ1v) is 17.6. The van der Waals surface area contributed by atoms with E-state index in [-0.39, 0.29) is 70.8 Å². The average Bonchev–Trinajstić information content (AvgIpc) is 3.45. The van der Waals surface area contributed by atoms with E-state index in [0.29, 0.717) is 41.7 Å². The molecule has 3 aromatic heterocycles. The smallest absolute Gasteiger partial charge is 0.343 e. The Morgan fingerprint density at radius 1 is 1.25 bits per heavy atom. The van der Waals surface area contributed by atoms with Crippen LogP contribution in [0.2, 0.25) is 0 Å². The maximum absolute atomic E-state index is 15.8. The maximum Gasteiger partial charge on any atom is 0.343 e. The van der Waals surface area contributed by atoms with Crippen LogP contribution in [0.3, 0.4) is 0 Å². The third kappa shape index (κ3) is 5.24. The second-order valence-corrected chi connectivity index (χ2v) is 14.6. The highest BCUT2D eigenvalue weighted by Crippen LogP contribution is 2.43. The van der Waals surface area contributed by atoms with Gasteiger partial charge in [0.05, 0.1) is 40.4 Å². The molecule has 0 spiro atoms. The lowest BCUT2D eigenvalue weighted by molar-refractivity contribution is -0.388. The summed E-state index contributed by atoms with van der Waals surface area (Å²) in [5.74, 6) is -1.99. The molecule has 12 nitrogen and oxygen atoms in total. The summed E-state index contributed by atoms with van der Waals surface area (Å²) in [6.45, 7) is 3.47. The second-order valence-electron chi connectivity index (χ2n) is 12.0. The van der Waals surface area contributed by atoms with Crippen LogP contribution < -0.4 is 5.56 Å². The van der Waals surface area contributed by atoms with Gasteiger partial charge in [-0.1, -0.05) is 17.7 Å². The van der Waals surface area contributed by atoms with E-state index in [1.807, 2.05) is 6.92 Å². The topological polar surface area (TPSA) is 164 Å². The number of rotatable bonds is 9. The molecule has 3 aliphatic rings. The number of aliphatic hydroxyl groups is 1. The van der Waals surface area contributed by atoms with Gasteiger partial charge < -0.3 is 19.1 Å². The number of pyridine rings is 3. The van der Waals surface area contributed by atoms with Gasteiger partial charge in [0.1, 0.15) is 19.0 Å². The monoisotopic (exact) mass is 692 g/mol. The molecular weight excluding hydrogens is 664 g/mol. The fourth-order valence-electron chi connectivity index (χ4n) is 6.76. The highest BCUT2D eigenvalue weighted by Gasteiger charge is 2.45. The van der Waals surface area contributed by atoms with Gasteiger partial charge in [-0.25, -0.2) is 19.2 Å². The molecule has 0 saturated carbocycles. The Kier molecular flexibility index (Phi) is 8.24. The molecule has 2 aliphatic heterocycles. The number of hydrogen-bond donors (Lipinski definition) is 1. The molecule has 15 heteroatoms. The summed E-state index contributed by atoms with van der Waals surface area (Å²) in [6, 6.07) is 5.81. The molecule has 5 heterocycles. The first-order valence-electron chi connectivity index (χ1n) is 15.4. The van der Waals surface area contributed by atoms with Gasteiger partial charge in [-0.3, -0.25) is 19.7 Å². The molecule has 1 aromatic carbocycles. The van der Waals surface area contributed by atoms with Crippen molar-refractivity contribution in [2.45, 2.75) is 75.0 Å². The first kappa shape index (κ1) is 32.2.